The number of likely N-dealkylation sites (tertiary alicyclic amines) is 1. The van der Waals surface area contributed by atoms with E-state index in [1.54, 1.807) is 13.0 Å². The van der Waals surface area contributed by atoms with E-state index in [2.05, 4.69) is 5.32 Å². The number of esters is 1. The van der Waals surface area contributed by atoms with Gasteiger partial charge >= 0.3 is 18.0 Å². The summed E-state index contributed by atoms with van der Waals surface area (Å²) in [4.78, 5) is 72.2. The Kier molecular flexibility index (Phi) is 12.3. The van der Waals surface area contributed by atoms with Crippen LogP contribution < -0.4 is 5.32 Å². The van der Waals surface area contributed by atoms with Crippen molar-refractivity contribution in [2.75, 3.05) is 11.9 Å². The largest absolute Gasteiger partial charge is 0.478 e. The third-order valence-corrected chi connectivity index (χ3v) is 13.1. The van der Waals surface area contributed by atoms with Crippen LogP contribution in [0, 0.1) is 11.8 Å². The summed E-state index contributed by atoms with van der Waals surface area (Å²) in [7, 11) is 0. The number of fused-ring (bicyclic) bond motifs is 1. The number of carbonyl (C=O) groups excluding carboxylic acids is 4. The van der Waals surface area contributed by atoms with Gasteiger partial charge in [-0.2, -0.15) is 0 Å². The Balaban J connectivity index is 1.13. The zero-order valence-corrected chi connectivity index (χ0v) is 34.8. The van der Waals surface area contributed by atoms with Gasteiger partial charge in [0.25, 0.3) is 0 Å². The number of ether oxygens (including phenoxy) is 2. The smallest absolute Gasteiger partial charge is 0.411 e. The number of nitrogens with one attached hydrogen (secondary N) is 1. The van der Waals surface area contributed by atoms with E-state index < -0.39 is 71.4 Å². The fourth-order valence-corrected chi connectivity index (χ4v) is 10.2. The molecule has 3 N–H and O–H groups in total. The molecule has 0 unspecified atom stereocenters. The Morgan fingerprint density at radius 1 is 0.742 bits per heavy atom. The SMILES string of the molecule is C[C@@H](O)[C@H]1C(=O)N2C(C(=O)OC(c3ccccc3)c3ccccc3)=C(S[C@H]3C[C@@H](C(=O)Nc4cccc(C(=O)O)c4)N(C(=O)OC(c4ccccc4)c4ccccc4)C3)[C@H](C)[C@@H]12. The standard InChI is InChI=1S/C49H45N3O9S/c1-29-40-39(30(2)53)46(55)52(40)41(48(58)60-42(31-16-7-3-8-17-31)32-18-9-4-10-19-32)44(29)62-37-27-38(45(54)50-36-25-15-24-35(26-36)47(56)57)51(28-37)49(59)61-43(33-20-11-5-12-21-33)34-22-13-6-14-23-34/h3-26,29-30,37-40,42-43,53H,27-28H2,1-2H3,(H,50,54)(H,56,57)/t29-,30-,37+,38+,39-,40+/m1/s1. The number of carboxylic acids is 1. The van der Waals surface area contributed by atoms with Crippen LogP contribution in [0.25, 0.3) is 0 Å². The molecule has 0 spiro atoms. The van der Waals surface area contributed by atoms with E-state index in [4.69, 9.17) is 9.47 Å². The molecule has 3 amide bonds. The van der Waals surface area contributed by atoms with Crippen LogP contribution in [0.5, 0.6) is 0 Å². The van der Waals surface area contributed by atoms with Crippen LogP contribution >= 0.6 is 11.8 Å². The van der Waals surface area contributed by atoms with Crippen LogP contribution in [0.1, 0.15) is 65.1 Å². The molecule has 3 aliphatic heterocycles. The van der Waals surface area contributed by atoms with Crippen molar-refractivity contribution in [3.63, 3.8) is 0 Å². The van der Waals surface area contributed by atoms with Gasteiger partial charge in [-0.05, 0) is 53.8 Å². The van der Waals surface area contributed by atoms with Gasteiger partial charge in [-0.1, -0.05) is 134 Å². The zero-order valence-electron chi connectivity index (χ0n) is 33.9. The minimum absolute atomic E-state index is 0.0227. The number of benzene rings is 5. The van der Waals surface area contributed by atoms with Gasteiger partial charge in [0.1, 0.15) is 11.7 Å². The lowest BCUT2D eigenvalue weighted by Gasteiger charge is -2.46. The van der Waals surface area contributed by atoms with Crippen LogP contribution in [0.3, 0.4) is 0 Å². The molecule has 316 valence electrons. The molecule has 0 bridgehead atoms. The van der Waals surface area contributed by atoms with Crippen LogP contribution in [-0.4, -0.2) is 79.8 Å². The van der Waals surface area contributed by atoms with Crippen molar-refractivity contribution in [3.05, 3.63) is 184 Å². The van der Waals surface area contributed by atoms with Crippen molar-refractivity contribution in [2.45, 2.75) is 55.9 Å². The predicted molar refractivity (Wildman–Crippen MR) is 233 cm³/mol. The molecule has 12 nitrogen and oxygen atoms in total. The van der Waals surface area contributed by atoms with Gasteiger partial charge in [-0.25, -0.2) is 14.4 Å². The van der Waals surface area contributed by atoms with Gasteiger partial charge in [0.2, 0.25) is 11.8 Å². The van der Waals surface area contributed by atoms with Gasteiger partial charge in [-0.3, -0.25) is 14.5 Å². The van der Waals surface area contributed by atoms with Crippen molar-refractivity contribution >= 4 is 47.3 Å². The zero-order chi connectivity index (χ0) is 43.5. The highest BCUT2D eigenvalue weighted by molar-refractivity contribution is 8.03. The highest BCUT2D eigenvalue weighted by Crippen LogP contribution is 2.53. The van der Waals surface area contributed by atoms with E-state index in [1.807, 2.05) is 128 Å². The van der Waals surface area contributed by atoms with E-state index in [-0.39, 0.29) is 35.8 Å². The van der Waals surface area contributed by atoms with E-state index in [0.29, 0.717) is 4.91 Å². The van der Waals surface area contributed by atoms with E-state index in [0.717, 1.165) is 22.3 Å². The minimum atomic E-state index is -1.16. The number of nitrogens with zero attached hydrogens (tertiary/aromatic N) is 2. The molecular weight excluding hydrogens is 807 g/mol. The van der Waals surface area contributed by atoms with Gasteiger partial charge in [-0.15, -0.1) is 11.8 Å². The van der Waals surface area contributed by atoms with Gasteiger partial charge in [0, 0.05) is 28.3 Å². The topological polar surface area (TPSA) is 163 Å². The van der Waals surface area contributed by atoms with Crippen molar-refractivity contribution in [1.29, 1.82) is 0 Å². The quantitative estimate of drug-likeness (QED) is 0.0787. The molecule has 5 aromatic carbocycles. The van der Waals surface area contributed by atoms with Gasteiger partial charge < -0.3 is 29.9 Å². The van der Waals surface area contributed by atoms with E-state index >= 15 is 0 Å². The lowest BCUT2D eigenvalue weighted by Crippen LogP contribution is -2.63. The summed E-state index contributed by atoms with van der Waals surface area (Å²) >= 11 is 1.30. The molecule has 13 heteroatoms. The fraction of sp³-hybridized carbons (Fsp3) is 0.245. The highest BCUT2D eigenvalue weighted by Gasteiger charge is 2.61. The maximum Gasteiger partial charge on any atom is 0.411 e. The Hall–Kier alpha value is -6.70. The number of carboxylic acid groups (broad SMARTS) is 1. The first-order valence-electron chi connectivity index (χ1n) is 20.4. The Bertz CT molecular complexity index is 2410. The first kappa shape index (κ1) is 42.0. The molecule has 0 aromatic heterocycles. The summed E-state index contributed by atoms with van der Waals surface area (Å²) in [6, 6.07) is 41.4. The minimum Gasteiger partial charge on any atom is -0.478 e. The molecule has 2 fully saturated rings. The monoisotopic (exact) mass is 851 g/mol. The molecular formula is C49H45N3O9S. The molecule has 62 heavy (non-hydrogen) atoms. The second kappa shape index (κ2) is 18.1. The lowest BCUT2D eigenvalue weighted by molar-refractivity contribution is -0.165. The number of aromatic carboxylic acids is 1. The van der Waals surface area contributed by atoms with E-state index in [9.17, 15) is 34.2 Å². The molecule has 0 aliphatic carbocycles. The fourth-order valence-electron chi connectivity index (χ4n) is 8.64. The summed E-state index contributed by atoms with van der Waals surface area (Å²) < 4.78 is 12.6. The summed E-state index contributed by atoms with van der Waals surface area (Å²) in [5.74, 6) is -3.97. The summed E-state index contributed by atoms with van der Waals surface area (Å²) in [6.07, 6.45) is -3.20. The van der Waals surface area contributed by atoms with Gasteiger partial charge in [0.05, 0.1) is 23.6 Å². The highest BCUT2D eigenvalue weighted by atomic mass is 32.2. The first-order valence-corrected chi connectivity index (χ1v) is 21.3. The van der Waals surface area contributed by atoms with Crippen molar-refractivity contribution < 1.29 is 43.7 Å². The summed E-state index contributed by atoms with van der Waals surface area (Å²) in [5, 5.41) is 22.6. The molecule has 3 heterocycles. The second-order valence-corrected chi connectivity index (χ2v) is 17.0. The number of carbonyl (C=O) groups is 5. The number of amides is 3. The Morgan fingerprint density at radius 3 is 1.76 bits per heavy atom. The number of aliphatic hydroxyl groups excluding tert-OH is 1. The number of rotatable bonds is 13. The maximum atomic E-state index is 14.6. The van der Waals surface area contributed by atoms with Gasteiger partial charge in [0.15, 0.2) is 12.2 Å². The average Bonchev–Trinajstić information content (AvgIpc) is 3.82. The normalized spacial score (nSPS) is 21.0. The molecule has 5 aromatic rings. The lowest BCUT2D eigenvalue weighted by atomic mass is 9.79. The number of hydrogen-bond donors (Lipinski definition) is 3. The third-order valence-electron chi connectivity index (χ3n) is 11.6. The van der Waals surface area contributed by atoms with Crippen molar-refractivity contribution in [2.24, 2.45) is 11.8 Å². The first-order chi connectivity index (χ1) is 30.0. The van der Waals surface area contributed by atoms with Crippen LogP contribution in [0.2, 0.25) is 0 Å². The number of anilines is 1. The Morgan fingerprint density at radius 2 is 1.26 bits per heavy atom. The summed E-state index contributed by atoms with van der Waals surface area (Å²) in [5.41, 5.74) is 3.21. The average molecular weight is 852 g/mol. The number of β-lactam (4-membered cyclic amide) rings is 1. The van der Waals surface area contributed by atoms with Crippen LogP contribution in [0.4, 0.5) is 10.5 Å². The molecule has 6 atom stereocenters. The Labute approximate surface area is 363 Å². The molecule has 3 aliphatic rings. The van der Waals surface area contributed by atoms with Crippen LogP contribution in [-0.2, 0) is 23.9 Å². The molecule has 0 radical (unpaired) electrons. The maximum absolute atomic E-state index is 14.6. The third kappa shape index (κ3) is 8.46. The van der Waals surface area contributed by atoms with Crippen molar-refractivity contribution in [1.82, 2.24) is 9.80 Å². The molecule has 2 saturated heterocycles. The van der Waals surface area contributed by atoms with Crippen molar-refractivity contribution in [3.8, 4) is 0 Å². The van der Waals surface area contributed by atoms with E-state index in [1.165, 1.54) is 39.8 Å². The number of hydrogen-bond acceptors (Lipinski definition) is 9. The predicted octanol–water partition coefficient (Wildman–Crippen LogP) is 7.83. The molecule has 8 rings (SSSR count). The van der Waals surface area contributed by atoms with Crippen LogP contribution in [0.15, 0.2) is 156 Å². The summed E-state index contributed by atoms with van der Waals surface area (Å²) in [6.45, 7) is 3.49. The number of thioether (sulfide) groups is 1. The molecule has 0 saturated carbocycles. The number of aliphatic hydroxyl groups is 1. The second-order valence-electron chi connectivity index (χ2n) is 15.7.